The summed E-state index contributed by atoms with van der Waals surface area (Å²) in [5.74, 6) is 1.95. The fourth-order valence-electron chi connectivity index (χ4n) is 2.48. The number of aliphatic hydroxyl groups excluding tert-OH is 2. The van der Waals surface area contributed by atoms with Gasteiger partial charge >= 0.3 is 0 Å². The van der Waals surface area contributed by atoms with Crippen molar-refractivity contribution in [1.29, 1.82) is 0 Å². The quantitative estimate of drug-likeness (QED) is 0.235. The van der Waals surface area contributed by atoms with Crippen LogP contribution in [0.15, 0.2) is 48.5 Å². The summed E-state index contributed by atoms with van der Waals surface area (Å²) in [5.41, 5.74) is 2.54. The Balaban J connectivity index is 1.71. The van der Waals surface area contributed by atoms with Gasteiger partial charge in [-0.2, -0.15) is 12.6 Å². The Labute approximate surface area is 180 Å². The van der Waals surface area contributed by atoms with Crippen molar-refractivity contribution in [2.24, 2.45) is 0 Å². The van der Waals surface area contributed by atoms with Gasteiger partial charge in [-0.15, -0.1) is 0 Å². The van der Waals surface area contributed by atoms with Crippen LogP contribution in [0.1, 0.15) is 17.5 Å². The lowest BCUT2D eigenvalue weighted by Crippen LogP contribution is -2.18. The second-order valence-electron chi connectivity index (χ2n) is 6.41. The molecule has 0 aliphatic heterocycles. The third-order valence-electron chi connectivity index (χ3n) is 4.05. The first-order valence-electron chi connectivity index (χ1n) is 9.07. The topological polar surface area (TPSA) is 58.9 Å². The molecule has 27 heavy (non-hydrogen) atoms. The molecule has 0 aliphatic rings. The van der Waals surface area contributed by atoms with Gasteiger partial charge in [-0.3, -0.25) is 0 Å². The smallest absolute Gasteiger partial charge is 0.119 e. The first-order valence-corrected chi connectivity index (χ1v) is 11.2. The second-order valence-corrected chi connectivity index (χ2v) is 7.65. The molecule has 0 fully saturated rings. The zero-order chi connectivity index (χ0) is 19.5. The van der Waals surface area contributed by atoms with Crippen LogP contribution >= 0.6 is 35.2 Å². The van der Waals surface area contributed by atoms with Crippen LogP contribution in [-0.4, -0.2) is 45.8 Å². The third-order valence-corrected chi connectivity index (χ3v) is 5.49. The number of ether oxygens (including phenoxy) is 2. The molecule has 2 N–H and O–H groups in total. The number of aryl methyl sites for hydroxylation is 2. The summed E-state index contributed by atoms with van der Waals surface area (Å²) < 4.78 is 11.7. The van der Waals surface area contributed by atoms with Crippen LogP contribution in [0.4, 0.5) is 0 Å². The molecule has 0 saturated carbocycles. The van der Waals surface area contributed by atoms with Gasteiger partial charge < -0.3 is 19.7 Å². The maximum atomic E-state index is 9.53. The average molecular weight is 502 g/mol. The van der Waals surface area contributed by atoms with E-state index in [4.69, 9.17) is 9.47 Å². The molecule has 0 spiro atoms. The molecule has 148 valence electrons. The highest BCUT2D eigenvalue weighted by molar-refractivity contribution is 14.1. The summed E-state index contributed by atoms with van der Waals surface area (Å²) >= 11 is 6.17. The van der Waals surface area contributed by atoms with Crippen molar-refractivity contribution >= 4 is 35.2 Å². The zero-order valence-corrected chi connectivity index (χ0v) is 18.3. The Bertz CT molecular complexity index is 591. The lowest BCUT2D eigenvalue weighted by Gasteiger charge is -2.11. The van der Waals surface area contributed by atoms with E-state index >= 15 is 0 Å². The molecule has 2 aromatic carbocycles. The van der Waals surface area contributed by atoms with Gasteiger partial charge in [-0.25, -0.2) is 0 Å². The van der Waals surface area contributed by atoms with Crippen molar-refractivity contribution in [3.63, 3.8) is 0 Å². The second kappa shape index (κ2) is 12.5. The third kappa shape index (κ3) is 8.72. The maximum Gasteiger partial charge on any atom is 0.119 e. The number of hydrogen-bond donors (Lipinski definition) is 3. The molecule has 2 rings (SSSR count). The molecule has 2 atom stereocenters. The van der Waals surface area contributed by atoms with E-state index in [1.807, 2.05) is 24.3 Å². The average Bonchev–Trinajstić information content (AvgIpc) is 2.72. The van der Waals surface area contributed by atoms with Gasteiger partial charge in [0.2, 0.25) is 0 Å². The fraction of sp³-hybridized carbons (Fsp3) is 0.429. The number of rotatable bonds is 12. The molecule has 0 saturated heterocycles. The van der Waals surface area contributed by atoms with Gasteiger partial charge in [0.05, 0.1) is 12.2 Å². The Kier molecular flexibility index (Phi) is 10.3. The van der Waals surface area contributed by atoms with Crippen LogP contribution in [0.3, 0.4) is 0 Å². The lowest BCUT2D eigenvalue weighted by atomic mass is 10.0. The minimum absolute atomic E-state index is 0.263. The van der Waals surface area contributed by atoms with E-state index in [-0.39, 0.29) is 6.61 Å². The first kappa shape index (κ1) is 22.3. The van der Waals surface area contributed by atoms with Crippen LogP contribution in [0.2, 0.25) is 0 Å². The molecule has 4 nitrogen and oxygen atoms in total. The normalized spacial score (nSPS) is 13.2. The molecule has 0 bridgehead atoms. The summed E-state index contributed by atoms with van der Waals surface area (Å²) in [6.07, 6.45) is 2.10. The van der Waals surface area contributed by atoms with Crippen molar-refractivity contribution in [3.05, 3.63) is 59.7 Å². The molecule has 2 aromatic rings. The Hall–Kier alpha value is -0.960. The van der Waals surface area contributed by atoms with Gasteiger partial charge in [0.1, 0.15) is 24.7 Å². The van der Waals surface area contributed by atoms with E-state index in [0.717, 1.165) is 30.8 Å². The highest BCUT2D eigenvalue weighted by atomic mass is 127. The summed E-state index contributed by atoms with van der Waals surface area (Å²) in [5, 5.41) is 19.0. The summed E-state index contributed by atoms with van der Waals surface area (Å²) in [7, 11) is 0. The number of halogens is 1. The molecular weight excluding hydrogens is 475 g/mol. The largest absolute Gasteiger partial charge is 0.491 e. The highest BCUT2D eigenvalue weighted by Gasteiger charge is 2.04. The predicted molar refractivity (Wildman–Crippen MR) is 121 cm³/mol. The monoisotopic (exact) mass is 502 g/mol. The van der Waals surface area contributed by atoms with E-state index in [2.05, 4.69) is 59.5 Å². The van der Waals surface area contributed by atoms with Gasteiger partial charge in [-0.05, 0) is 54.7 Å². The zero-order valence-electron chi connectivity index (χ0n) is 15.3. The number of benzene rings is 2. The fourth-order valence-corrected chi connectivity index (χ4v) is 2.84. The lowest BCUT2D eigenvalue weighted by molar-refractivity contribution is 0.126. The predicted octanol–water partition coefficient (Wildman–Crippen LogP) is 3.71. The highest BCUT2D eigenvalue weighted by Crippen LogP contribution is 2.17. The minimum Gasteiger partial charge on any atom is -0.491 e. The van der Waals surface area contributed by atoms with Crippen LogP contribution in [0.5, 0.6) is 11.5 Å². The van der Waals surface area contributed by atoms with Crippen LogP contribution in [0.25, 0.3) is 0 Å². The number of hydrogen-bond acceptors (Lipinski definition) is 5. The van der Waals surface area contributed by atoms with E-state index in [1.165, 1.54) is 11.1 Å². The van der Waals surface area contributed by atoms with Gasteiger partial charge in [0.25, 0.3) is 0 Å². The standard InChI is InChI=1S/C21H27IO4S/c22-12-18(23)13-25-20-8-4-16(5-9-20)2-1-3-17-6-10-21(11-7-17)26-14-19(24)15-27/h4-11,18-19,23-24,27H,1-3,12-15H2. The van der Waals surface area contributed by atoms with Crippen molar-refractivity contribution in [2.45, 2.75) is 31.5 Å². The summed E-state index contributed by atoms with van der Waals surface area (Å²) in [6, 6.07) is 16.1. The van der Waals surface area contributed by atoms with Gasteiger partial charge in [0, 0.05) is 10.2 Å². The maximum absolute atomic E-state index is 9.53. The van der Waals surface area contributed by atoms with Crippen molar-refractivity contribution in [2.75, 3.05) is 23.4 Å². The van der Waals surface area contributed by atoms with Crippen LogP contribution in [0, 0.1) is 0 Å². The van der Waals surface area contributed by atoms with Gasteiger partial charge in [-0.1, -0.05) is 46.9 Å². The summed E-state index contributed by atoms with van der Waals surface area (Å²) in [4.78, 5) is 0. The number of aliphatic hydroxyl groups is 2. The van der Waals surface area contributed by atoms with Crippen molar-refractivity contribution in [3.8, 4) is 11.5 Å². The summed E-state index contributed by atoms with van der Waals surface area (Å²) in [6.45, 7) is 0.592. The first-order chi connectivity index (χ1) is 13.1. The van der Waals surface area contributed by atoms with E-state index in [1.54, 1.807) is 0 Å². The Morgan fingerprint density at radius 1 is 0.778 bits per heavy atom. The van der Waals surface area contributed by atoms with Crippen molar-refractivity contribution in [1.82, 2.24) is 0 Å². The Morgan fingerprint density at radius 2 is 1.22 bits per heavy atom. The SMILES string of the molecule is OC(CS)COc1ccc(CCCc2ccc(OCC(O)CI)cc2)cc1. The molecular formula is C21H27IO4S. The van der Waals surface area contributed by atoms with E-state index in [0.29, 0.717) is 16.8 Å². The molecule has 0 aromatic heterocycles. The minimum atomic E-state index is -0.541. The Morgan fingerprint density at radius 3 is 1.63 bits per heavy atom. The number of alkyl halides is 1. The van der Waals surface area contributed by atoms with E-state index in [9.17, 15) is 10.2 Å². The van der Waals surface area contributed by atoms with Crippen LogP contribution < -0.4 is 9.47 Å². The number of thiol groups is 1. The molecule has 0 radical (unpaired) electrons. The molecule has 0 amide bonds. The molecule has 6 heteroatoms. The molecule has 0 heterocycles. The van der Waals surface area contributed by atoms with Crippen LogP contribution in [-0.2, 0) is 12.8 Å². The molecule has 0 aliphatic carbocycles. The van der Waals surface area contributed by atoms with Gasteiger partial charge in [0.15, 0.2) is 0 Å². The molecule has 2 unspecified atom stereocenters. The van der Waals surface area contributed by atoms with E-state index < -0.39 is 12.2 Å². The van der Waals surface area contributed by atoms with Crippen molar-refractivity contribution < 1.29 is 19.7 Å².